The highest BCUT2D eigenvalue weighted by molar-refractivity contribution is 9.10. The number of nitrogens with two attached hydrogens (primary N) is 1. The number of carboxylic acid groups (broad SMARTS) is 1. The number of anilines is 1. The monoisotopic (exact) mass is 711 g/mol. The Morgan fingerprint density at radius 1 is 1.05 bits per heavy atom. The predicted molar refractivity (Wildman–Crippen MR) is 158 cm³/mol. The van der Waals surface area contributed by atoms with Crippen LogP contribution in [0.25, 0.3) is 0 Å². The maximum absolute atomic E-state index is 13.2. The third kappa shape index (κ3) is 12.6. The number of aliphatic carboxylic acids is 1. The van der Waals surface area contributed by atoms with Crippen LogP contribution in [0.2, 0.25) is 0 Å². The van der Waals surface area contributed by atoms with E-state index in [2.05, 4.69) is 26.6 Å². The van der Waals surface area contributed by atoms with Crippen LogP contribution in [0.3, 0.4) is 0 Å². The number of rotatable bonds is 14. The highest BCUT2D eigenvalue weighted by Gasteiger charge is 2.38. The Balaban J connectivity index is 0.00000123. The van der Waals surface area contributed by atoms with Gasteiger partial charge in [0.15, 0.2) is 0 Å². The second kappa shape index (κ2) is 17.6. The van der Waals surface area contributed by atoms with Crippen molar-refractivity contribution in [3.05, 3.63) is 58.1 Å². The number of carboxylic acids is 1. The van der Waals surface area contributed by atoms with Crippen LogP contribution in [0.5, 0.6) is 0 Å². The van der Waals surface area contributed by atoms with Gasteiger partial charge >= 0.3 is 12.1 Å². The van der Waals surface area contributed by atoms with Crippen molar-refractivity contribution < 1.29 is 50.6 Å². The van der Waals surface area contributed by atoms with Gasteiger partial charge in [-0.1, -0.05) is 6.07 Å². The second-order valence-electron chi connectivity index (χ2n) is 8.89. The van der Waals surface area contributed by atoms with Gasteiger partial charge in [-0.15, -0.1) is 0 Å². The molecule has 6 N–H and O–H groups in total. The standard InChI is InChI=1S/C24H32BrN5O6S.C2HF3O2/c1-16(28-22(31)15-23(32)29-19-7-4-17(5-8-19)24(26)27)18-6-9-21(20(25)14-18)37(33,34)30(10-12-35-2)11-13-36-3;3-2(4,5)1(6)7/h4-9,14,16H,10-13,15H2,1-3H3,(H3,26,27)(H,28,31)(H,29,32);(H,6,7). The molecule has 2 aromatic carbocycles. The smallest absolute Gasteiger partial charge is 0.475 e. The van der Waals surface area contributed by atoms with Crippen molar-refractivity contribution in [1.29, 1.82) is 5.41 Å². The minimum Gasteiger partial charge on any atom is -0.475 e. The normalized spacial score (nSPS) is 12.1. The molecule has 0 saturated carbocycles. The van der Waals surface area contributed by atoms with E-state index in [4.69, 9.17) is 30.5 Å². The predicted octanol–water partition coefficient (Wildman–Crippen LogP) is 2.86. The molecule has 18 heteroatoms. The van der Waals surface area contributed by atoms with Gasteiger partial charge in [0.2, 0.25) is 21.8 Å². The summed E-state index contributed by atoms with van der Waals surface area (Å²) in [5.74, 6) is -3.84. The number of halogens is 4. The fraction of sp³-hybridized carbons (Fsp3) is 0.385. The number of nitrogen functional groups attached to an aromatic ring is 1. The molecule has 13 nitrogen and oxygen atoms in total. The van der Waals surface area contributed by atoms with Gasteiger partial charge in [0.05, 0.1) is 24.2 Å². The zero-order valence-electron chi connectivity index (χ0n) is 23.9. The lowest BCUT2D eigenvalue weighted by atomic mass is 10.1. The summed E-state index contributed by atoms with van der Waals surface area (Å²) < 4.78 is 69.8. The Labute approximate surface area is 260 Å². The van der Waals surface area contributed by atoms with Crippen molar-refractivity contribution in [2.45, 2.75) is 30.5 Å². The lowest BCUT2D eigenvalue weighted by molar-refractivity contribution is -0.192. The number of sulfonamides is 1. The molecule has 0 bridgehead atoms. The van der Waals surface area contributed by atoms with Crippen molar-refractivity contribution >= 4 is 55.3 Å². The number of hydrogen-bond donors (Lipinski definition) is 5. The lowest BCUT2D eigenvalue weighted by Crippen LogP contribution is -2.36. The Kier molecular flexibility index (Phi) is 15.4. The molecular weight excluding hydrogens is 679 g/mol. The number of ether oxygens (including phenoxy) is 2. The highest BCUT2D eigenvalue weighted by atomic mass is 79.9. The molecule has 0 aromatic heterocycles. The molecule has 0 saturated heterocycles. The number of nitrogens with zero attached hydrogens (tertiary/aromatic N) is 1. The summed E-state index contributed by atoms with van der Waals surface area (Å²) in [6, 6.07) is 10.6. The number of amidine groups is 1. The average molecular weight is 713 g/mol. The number of amides is 2. The summed E-state index contributed by atoms with van der Waals surface area (Å²) in [6.07, 6.45) is -5.49. The van der Waals surface area contributed by atoms with Crippen LogP contribution < -0.4 is 16.4 Å². The van der Waals surface area contributed by atoms with E-state index in [0.29, 0.717) is 21.3 Å². The van der Waals surface area contributed by atoms with Crippen LogP contribution in [0, 0.1) is 5.41 Å². The molecule has 0 radical (unpaired) electrons. The van der Waals surface area contributed by atoms with E-state index in [9.17, 15) is 31.2 Å². The number of nitrogens with one attached hydrogen (secondary N) is 3. The summed E-state index contributed by atoms with van der Waals surface area (Å²) in [5, 5.41) is 19.9. The van der Waals surface area contributed by atoms with Gasteiger partial charge in [-0.2, -0.15) is 17.5 Å². The third-order valence-electron chi connectivity index (χ3n) is 5.58. The first-order valence-corrected chi connectivity index (χ1v) is 14.8. The molecule has 2 rings (SSSR count). The SMILES string of the molecule is COCCN(CCOC)S(=O)(=O)c1ccc(C(C)NC(=O)CC(=O)Nc2ccc(C(=N)N)cc2)cc1Br.O=C(O)C(F)(F)F. The molecule has 0 aliphatic carbocycles. The Morgan fingerprint density at radius 2 is 1.57 bits per heavy atom. The lowest BCUT2D eigenvalue weighted by Gasteiger charge is -2.23. The van der Waals surface area contributed by atoms with Crippen molar-refractivity contribution in [1.82, 2.24) is 9.62 Å². The number of carbonyl (C=O) groups excluding carboxylic acids is 2. The quantitative estimate of drug-likeness (QED) is 0.111. The van der Waals surface area contributed by atoms with Crippen molar-refractivity contribution in [2.75, 3.05) is 45.8 Å². The molecule has 1 unspecified atom stereocenters. The van der Waals surface area contributed by atoms with E-state index in [1.807, 2.05) is 0 Å². The zero-order valence-corrected chi connectivity index (χ0v) is 26.3. The summed E-state index contributed by atoms with van der Waals surface area (Å²) in [4.78, 5) is 33.6. The van der Waals surface area contributed by atoms with E-state index in [1.54, 1.807) is 43.3 Å². The van der Waals surface area contributed by atoms with Crippen LogP contribution in [-0.2, 0) is 33.9 Å². The number of methoxy groups -OCH3 is 2. The van der Waals surface area contributed by atoms with Gasteiger partial charge in [-0.05, 0) is 64.8 Å². The van der Waals surface area contributed by atoms with Crippen LogP contribution in [0.15, 0.2) is 51.8 Å². The molecule has 0 spiro atoms. The third-order valence-corrected chi connectivity index (χ3v) is 8.46. The largest absolute Gasteiger partial charge is 0.490 e. The van der Waals surface area contributed by atoms with E-state index in [1.165, 1.54) is 24.6 Å². The van der Waals surface area contributed by atoms with Gasteiger partial charge in [0, 0.05) is 43.0 Å². The van der Waals surface area contributed by atoms with Crippen LogP contribution in [0.1, 0.15) is 30.5 Å². The van der Waals surface area contributed by atoms with Gasteiger partial charge in [0.1, 0.15) is 12.3 Å². The molecule has 1 atom stereocenters. The maximum Gasteiger partial charge on any atom is 0.490 e. The number of hydrogen-bond acceptors (Lipinski definition) is 8. The molecule has 2 amide bonds. The van der Waals surface area contributed by atoms with E-state index in [0.717, 1.165) is 0 Å². The molecule has 0 aliphatic rings. The number of carbonyl (C=O) groups is 3. The minimum absolute atomic E-state index is 0.0807. The topological polar surface area (TPSA) is 201 Å². The zero-order chi connectivity index (χ0) is 33.7. The van der Waals surface area contributed by atoms with E-state index < -0.39 is 46.4 Å². The summed E-state index contributed by atoms with van der Waals surface area (Å²) >= 11 is 3.35. The summed E-state index contributed by atoms with van der Waals surface area (Å²) in [5.41, 5.74) is 7.06. The average Bonchev–Trinajstić information content (AvgIpc) is 2.92. The minimum atomic E-state index is -5.08. The van der Waals surface area contributed by atoms with Crippen LogP contribution >= 0.6 is 15.9 Å². The molecule has 244 valence electrons. The first-order chi connectivity index (χ1) is 20.4. The molecule has 2 aromatic rings. The molecule has 0 heterocycles. The van der Waals surface area contributed by atoms with Crippen molar-refractivity contribution in [3.8, 4) is 0 Å². The first-order valence-electron chi connectivity index (χ1n) is 12.5. The molecule has 0 aliphatic heterocycles. The Morgan fingerprint density at radius 3 is 2.00 bits per heavy atom. The summed E-state index contributed by atoms with van der Waals surface area (Å²) in [7, 11) is -0.831. The Hall–Kier alpha value is -3.58. The first kappa shape index (κ1) is 38.4. The number of alkyl halides is 3. The maximum atomic E-state index is 13.2. The van der Waals surface area contributed by atoms with Crippen LogP contribution in [0.4, 0.5) is 18.9 Å². The van der Waals surface area contributed by atoms with Gasteiger partial charge in [0.25, 0.3) is 0 Å². The molecule has 44 heavy (non-hydrogen) atoms. The van der Waals surface area contributed by atoms with E-state index in [-0.39, 0.29) is 37.0 Å². The molecular formula is C26H33BrF3N5O8S. The summed E-state index contributed by atoms with van der Waals surface area (Å²) in [6.45, 7) is 2.55. The number of benzene rings is 2. The van der Waals surface area contributed by atoms with Crippen LogP contribution in [-0.4, -0.2) is 88.1 Å². The second-order valence-corrected chi connectivity index (χ2v) is 11.6. The molecule has 0 fully saturated rings. The highest BCUT2D eigenvalue weighted by Crippen LogP contribution is 2.28. The Bertz CT molecular complexity index is 1400. The fourth-order valence-electron chi connectivity index (χ4n) is 3.33. The van der Waals surface area contributed by atoms with Crippen molar-refractivity contribution in [3.63, 3.8) is 0 Å². The van der Waals surface area contributed by atoms with Gasteiger partial charge in [-0.25, -0.2) is 13.2 Å². The van der Waals surface area contributed by atoms with Crippen molar-refractivity contribution in [2.24, 2.45) is 5.73 Å². The fourth-order valence-corrected chi connectivity index (χ4v) is 5.80. The van der Waals surface area contributed by atoms with Gasteiger partial charge < -0.3 is 30.9 Å². The van der Waals surface area contributed by atoms with Gasteiger partial charge in [-0.3, -0.25) is 15.0 Å². The van der Waals surface area contributed by atoms with E-state index >= 15 is 0 Å².